The van der Waals surface area contributed by atoms with Gasteiger partial charge in [-0.1, -0.05) is 91.0 Å². The van der Waals surface area contributed by atoms with Gasteiger partial charge in [0, 0.05) is 30.0 Å². The van der Waals surface area contributed by atoms with Crippen molar-refractivity contribution in [2.75, 3.05) is 12.4 Å². The van der Waals surface area contributed by atoms with Crippen molar-refractivity contribution in [2.45, 2.75) is 45.3 Å². The number of ether oxygens (including phenoxy) is 1. The number of esters is 1. The molecule has 3 aromatic carbocycles. The molecule has 194 valence electrons. The molecule has 7 heteroatoms. The summed E-state index contributed by atoms with van der Waals surface area (Å²) in [4.78, 5) is 26.7. The molecule has 0 fully saturated rings. The second-order valence-electron chi connectivity index (χ2n) is 9.57. The first-order valence-corrected chi connectivity index (χ1v) is 12.9. The largest absolute Gasteiger partial charge is 0.458 e. The molecule has 0 heterocycles. The topological polar surface area (TPSA) is 71.0 Å². The van der Waals surface area contributed by atoms with E-state index in [4.69, 9.17) is 21.4 Å². The van der Waals surface area contributed by atoms with Gasteiger partial charge in [-0.25, -0.2) is 14.6 Å². The molecule has 0 aliphatic rings. The first kappa shape index (κ1) is 27.9. The maximum atomic E-state index is 13.6. The summed E-state index contributed by atoms with van der Waals surface area (Å²) in [7, 11) is 0. The van der Waals surface area contributed by atoms with Crippen LogP contribution in [0, 0.1) is 0 Å². The smallest absolute Gasteiger partial charge is 0.338 e. The summed E-state index contributed by atoms with van der Waals surface area (Å²) >= 11 is 5.98. The summed E-state index contributed by atoms with van der Waals surface area (Å²) in [5.41, 5.74) is 2.59. The van der Waals surface area contributed by atoms with E-state index in [2.05, 4.69) is 5.32 Å². The van der Waals surface area contributed by atoms with Crippen LogP contribution in [0.2, 0.25) is 0 Å². The third-order valence-electron chi connectivity index (χ3n) is 5.32. The van der Waals surface area contributed by atoms with Crippen molar-refractivity contribution in [3.05, 3.63) is 108 Å². The van der Waals surface area contributed by atoms with Crippen LogP contribution in [-0.4, -0.2) is 46.8 Å². The van der Waals surface area contributed by atoms with Crippen LogP contribution in [0.15, 0.2) is 96.1 Å². The van der Waals surface area contributed by atoms with E-state index in [-0.39, 0.29) is 6.54 Å². The standard InChI is InChI=1S/C30H34ClN3O3/c1-30(2,3)37-28(35)26(22-23-14-7-4-8-15-23)32-29(36)34(21-13-20-31)33-27(24-16-9-5-10-17-24)25-18-11-6-12-19-25/h4-12,14-19,26H,13,20-22H2,1-3H3,(H,32,36)/t26-/m1/s1. The first-order chi connectivity index (χ1) is 17.8. The number of benzene rings is 3. The van der Waals surface area contributed by atoms with Gasteiger partial charge in [-0.3, -0.25) is 0 Å². The van der Waals surface area contributed by atoms with Gasteiger partial charge in [-0.05, 0) is 32.8 Å². The third kappa shape index (κ3) is 9.07. The minimum atomic E-state index is -0.889. The quantitative estimate of drug-likeness (QED) is 0.154. The van der Waals surface area contributed by atoms with Gasteiger partial charge in [0.05, 0.1) is 5.71 Å². The number of nitrogens with zero attached hydrogens (tertiary/aromatic N) is 2. The molecule has 0 bridgehead atoms. The van der Waals surface area contributed by atoms with Crippen molar-refractivity contribution in [2.24, 2.45) is 5.10 Å². The van der Waals surface area contributed by atoms with Gasteiger partial charge >= 0.3 is 12.0 Å². The number of alkyl halides is 1. The van der Waals surface area contributed by atoms with E-state index in [1.807, 2.05) is 91.0 Å². The highest BCUT2D eigenvalue weighted by atomic mass is 35.5. The van der Waals surface area contributed by atoms with Gasteiger partial charge in [0.1, 0.15) is 11.6 Å². The van der Waals surface area contributed by atoms with Gasteiger partial charge < -0.3 is 10.1 Å². The van der Waals surface area contributed by atoms with Crippen LogP contribution in [0.25, 0.3) is 0 Å². The molecular formula is C30H34ClN3O3. The highest BCUT2D eigenvalue weighted by Gasteiger charge is 2.29. The first-order valence-electron chi connectivity index (χ1n) is 12.4. The average Bonchev–Trinajstić information content (AvgIpc) is 2.89. The highest BCUT2D eigenvalue weighted by molar-refractivity contribution is 6.17. The Kier molecular flexibility index (Phi) is 10.3. The molecule has 0 aromatic heterocycles. The van der Waals surface area contributed by atoms with Gasteiger partial charge in [0.15, 0.2) is 0 Å². The Hall–Kier alpha value is -3.64. The molecular weight excluding hydrogens is 486 g/mol. The zero-order chi connectivity index (χ0) is 26.7. The molecule has 1 N–H and O–H groups in total. The Bertz CT molecular complexity index is 1120. The molecule has 1 atom stereocenters. The fourth-order valence-electron chi connectivity index (χ4n) is 3.64. The third-order valence-corrected chi connectivity index (χ3v) is 5.59. The van der Waals surface area contributed by atoms with Crippen LogP contribution in [0.4, 0.5) is 4.79 Å². The van der Waals surface area contributed by atoms with Crippen LogP contribution >= 0.6 is 11.6 Å². The monoisotopic (exact) mass is 519 g/mol. The SMILES string of the molecule is CC(C)(C)OC(=O)[C@@H](Cc1ccccc1)NC(=O)N(CCCCl)N=C(c1ccccc1)c1ccccc1. The van der Waals surface area contributed by atoms with Crippen molar-refractivity contribution in [3.63, 3.8) is 0 Å². The molecule has 37 heavy (non-hydrogen) atoms. The van der Waals surface area contributed by atoms with Crippen molar-refractivity contribution < 1.29 is 14.3 Å². The molecule has 0 saturated heterocycles. The number of nitrogens with one attached hydrogen (secondary N) is 1. The predicted molar refractivity (Wildman–Crippen MR) is 149 cm³/mol. The average molecular weight is 520 g/mol. The van der Waals surface area contributed by atoms with Gasteiger partial charge in [-0.15, -0.1) is 11.6 Å². The maximum absolute atomic E-state index is 13.6. The van der Waals surface area contributed by atoms with E-state index in [0.29, 0.717) is 24.4 Å². The lowest BCUT2D eigenvalue weighted by Crippen LogP contribution is -2.49. The molecule has 0 radical (unpaired) electrons. The summed E-state index contributed by atoms with van der Waals surface area (Å²) in [6, 6.07) is 27.5. The number of hydrogen-bond donors (Lipinski definition) is 1. The fraction of sp³-hybridized carbons (Fsp3) is 0.300. The zero-order valence-corrected chi connectivity index (χ0v) is 22.3. The number of urea groups is 1. The summed E-state index contributed by atoms with van der Waals surface area (Å²) in [5, 5.41) is 8.99. The molecule has 2 amide bonds. The van der Waals surface area contributed by atoms with Crippen molar-refractivity contribution in [1.29, 1.82) is 0 Å². The lowest BCUT2D eigenvalue weighted by atomic mass is 10.0. The molecule has 3 aromatic rings. The van der Waals surface area contributed by atoms with Gasteiger partial charge in [-0.2, -0.15) is 5.10 Å². The number of amides is 2. The number of rotatable bonds is 10. The second kappa shape index (κ2) is 13.6. The lowest BCUT2D eigenvalue weighted by molar-refractivity contribution is -0.157. The van der Waals surface area contributed by atoms with Gasteiger partial charge in [0.25, 0.3) is 0 Å². The van der Waals surface area contributed by atoms with E-state index < -0.39 is 23.6 Å². The minimum Gasteiger partial charge on any atom is -0.458 e. The molecule has 0 aliphatic carbocycles. The zero-order valence-electron chi connectivity index (χ0n) is 21.6. The Labute approximate surface area is 224 Å². The van der Waals surface area contributed by atoms with E-state index in [0.717, 1.165) is 16.7 Å². The lowest BCUT2D eigenvalue weighted by Gasteiger charge is -2.27. The summed E-state index contributed by atoms with van der Waals surface area (Å²) in [5.74, 6) is -0.137. The molecule has 6 nitrogen and oxygen atoms in total. The van der Waals surface area contributed by atoms with Crippen LogP contribution in [0.1, 0.15) is 43.9 Å². The Balaban J connectivity index is 1.94. The number of halogens is 1. The minimum absolute atomic E-state index is 0.283. The van der Waals surface area contributed by atoms with Crippen LogP contribution in [0.3, 0.4) is 0 Å². The highest BCUT2D eigenvalue weighted by Crippen LogP contribution is 2.15. The van der Waals surface area contributed by atoms with Crippen molar-refractivity contribution >= 4 is 29.3 Å². The normalized spacial score (nSPS) is 11.8. The summed E-state index contributed by atoms with van der Waals surface area (Å²) in [6.07, 6.45) is 0.823. The van der Waals surface area contributed by atoms with E-state index in [9.17, 15) is 9.59 Å². The van der Waals surface area contributed by atoms with E-state index in [1.54, 1.807) is 20.8 Å². The molecule has 0 unspecified atom stereocenters. The molecule has 3 rings (SSSR count). The summed E-state index contributed by atoms with van der Waals surface area (Å²) < 4.78 is 5.62. The number of carbonyl (C=O) groups excluding carboxylic acids is 2. The van der Waals surface area contributed by atoms with E-state index in [1.165, 1.54) is 5.01 Å². The fourth-order valence-corrected chi connectivity index (χ4v) is 3.76. The van der Waals surface area contributed by atoms with Crippen molar-refractivity contribution in [3.8, 4) is 0 Å². The molecule has 0 aliphatic heterocycles. The Morgan fingerprint density at radius 2 is 1.41 bits per heavy atom. The molecule has 0 spiro atoms. The number of hydrazone groups is 1. The van der Waals surface area contributed by atoms with Crippen LogP contribution in [0.5, 0.6) is 0 Å². The Morgan fingerprint density at radius 1 is 0.892 bits per heavy atom. The maximum Gasteiger partial charge on any atom is 0.338 e. The number of carbonyl (C=O) groups is 2. The Morgan fingerprint density at radius 3 is 1.89 bits per heavy atom. The number of hydrogen-bond acceptors (Lipinski definition) is 4. The predicted octanol–water partition coefficient (Wildman–Crippen LogP) is 6.03. The van der Waals surface area contributed by atoms with Crippen LogP contribution in [-0.2, 0) is 16.0 Å². The van der Waals surface area contributed by atoms with Crippen molar-refractivity contribution in [1.82, 2.24) is 10.3 Å². The molecule has 0 saturated carbocycles. The second-order valence-corrected chi connectivity index (χ2v) is 9.95. The van der Waals surface area contributed by atoms with E-state index >= 15 is 0 Å². The van der Waals surface area contributed by atoms with Gasteiger partial charge in [0.2, 0.25) is 0 Å². The summed E-state index contributed by atoms with van der Waals surface area (Å²) in [6.45, 7) is 5.69. The van der Waals surface area contributed by atoms with Crippen LogP contribution < -0.4 is 5.32 Å².